The molecule has 5 nitrogen and oxygen atoms in total. The van der Waals surface area contributed by atoms with Crippen molar-refractivity contribution in [3.63, 3.8) is 0 Å². The third kappa shape index (κ3) is 8.40. The van der Waals surface area contributed by atoms with Gasteiger partial charge in [0.15, 0.2) is 5.96 Å². The molecular formula is C14H29N3O2S. The largest absolute Gasteiger partial charge is 0.357 e. The minimum Gasteiger partial charge on any atom is -0.357 e. The lowest BCUT2D eigenvalue weighted by Gasteiger charge is -2.22. The fraction of sp³-hybridized carbons (Fsp3) is 0.929. The molecule has 0 amide bonds. The summed E-state index contributed by atoms with van der Waals surface area (Å²) in [5, 5.41) is 6.58. The molecule has 0 radical (unpaired) electrons. The highest BCUT2D eigenvalue weighted by Crippen LogP contribution is 2.27. The Morgan fingerprint density at radius 2 is 1.95 bits per heavy atom. The fourth-order valence-corrected chi connectivity index (χ4v) is 2.66. The van der Waals surface area contributed by atoms with Crippen LogP contribution in [0.2, 0.25) is 0 Å². The lowest BCUT2D eigenvalue weighted by molar-refractivity contribution is 0.365. The molecule has 0 bridgehead atoms. The van der Waals surface area contributed by atoms with Gasteiger partial charge in [-0.3, -0.25) is 4.99 Å². The number of hydrogen-bond acceptors (Lipinski definition) is 3. The summed E-state index contributed by atoms with van der Waals surface area (Å²) in [5.74, 6) is 1.87. The molecule has 0 saturated heterocycles. The van der Waals surface area contributed by atoms with Gasteiger partial charge in [0.25, 0.3) is 0 Å². The predicted octanol–water partition coefficient (Wildman–Crippen LogP) is 1.41. The Kier molecular flexibility index (Phi) is 6.30. The van der Waals surface area contributed by atoms with Crippen LogP contribution < -0.4 is 10.6 Å². The Bertz CT molecular complexity index is 426. The van der Waals surface area contributed by atoms with E-state index in [0.29, 0.717) is 13.0 Å². The molecule has 2 N–H and O–H groups in total. The van der Waals surface area contributed by atoms with Gasteiger partial charge in [-0.05, 0) is 37.5 Å². The number of guanidine groups is 1. The van der Waals surface area contributed by atoms with Crippen LogP contribution in [-0.4, -0.2) is 46.0 Å². The smallest absolute Gasteiger partial charge is 0.191 e. The summed E-state index contributed by atoms with van der Waals surface area (Å²) >= 11 is 0. The highest BCUT2D eigenvalue weighted by Gasteiger charge is 2.22. The minimum absolute atomic E-state index is 0.106. The zero-order valence-electron chi connectivity index (χ0n) is 13.2. The van der Waals surface area contributed by atoms with E-state index in [4.69, 9.17) is 0 Å². The number of nitrogens with one attached hydrogen (secondary N) is 2. The van der Waals surface area contributed by atoms with E-state index in [0.717, 1.165) is 25.0 Å². The van der Waals surface area contributed by atoms with Gasteiger partial charge in [0.2, 0.25) is 0 Å². The fourth-order valence-electron chi connectivity index (χ4n) is 1.74. The molecule has 118 valence electrons. The van der Waals surface area contributed by atoms with Crippen LogP contribution in [0.25, 0.3) is 0 Å². The van der Waals surface area contributed by atoms with Crippen LogP contribution in [0.4, 0.5) is 0 Å². The summed E-state index contributed by atoms with van der Waals surface area (Å²) in [5.41, 5.74) is -0.106. The number of aliphatic imine (C=N–C) groups is 1. The van der Waals surface area contributed by atoms with Crippen molar-refractivity contribution >= 4 is 15.8 Å². The van der Waals surface area contributed by atoms with Crippen LogP contribution in [0.5, 0.6) is 0 Å². The first-order valence-corrected chi connectivity index (χ1v) is 9.48. The summed E-state index contributed by atoms with van der Waals surface area (Å²) in [7, 11) is -2.90. The van der Waals surface area contributed by atoms with E-state index in [-0.39, 0.29) is 11.2 Å². The number of sulfone groups is 1. The van der Waals surface area contributed by atoms with Crippen LogP contribution >= 0.6 is 0 Å². The zero-order valence-corrected chi connectivity index (χ0v) is 14.0. The molecule has 0 aromatic heterocycles. The van der Waals surface area contributed by atoms with Crippen molar-refractivity contribution in [2.45, 2.75) is 40.0 Å². The first kappa shape index (κ1) is 17.3. The van der Waals surface area contributed by atoms with E-state index in [9.17, 15) is 8.42 Å². The quantitative estimate of drug-likeness (QED) is 0.525. The van der Waals surface area contributed by atoms with E-state index in [2.05, 4.69) is 29.5 Å². The Labute approximate surface area is 123 Å². The van der Waals surface area contributed by atoms with Crippen molar-refractivity contribution in [3.05, 3.63) is 0 Å². The van der Waals surface area contributed by atoms with Gasteiger partial charge in [0.1, 0.15) is 9.84 Å². The first-order valence-electron chi connectivity index (χ1n) is 7.42. The number of rotatable bonds is 8. The van der Waals surface area contributed by atoms with Gasteiger partial charge in [-0.15, -0.1) is 0 Å². The summed E-state index contributed by atoms with van der Waals surface area (Å²) in [4.78, 5) is 4.59. The molecule has 0 aromatic carbocycles. The molecule has 1 saturated carbocycles. The van der Waals surface area contributed by atoms with Gasteiger partial charge in [-0.2, -0.15) is 0 Å². The SMILES string of the molecule is CCNC(=NCC(C)(C)CCS(C)(=O)=O)NCC1CC1. The summed E-state index contributed by atoms with van der Waals surface area (Å²) in [6, 6.07) is 0. The second kappa shape index (κ2) is 7.29. The Hall–Kier alpha value is -0.780. The summed E-state index contributed by atoms with van der Waals surface area (Å²) in [6.45, 7) is 8.61. The second-order valence-corrected chi connectivity index (χ2v) is 8.82. The van der Waals surface area contributed by atoms with Crippen molar-refractivity contribution in [1.82, 2.24) is 10.6 Å². The van der Waals surface area contributed by atoms with E-state index in [1.165, 1.54) is 19.1 Å². The molecule has 0 heterocycles. The van der Waals surface area contributed by atoms with E-state index in [1.807, 2.05) is 6.92 Å². The van der Waals surface area contributed by atoms with Gasteiger partial charge in [-0.1, -0.05) is 13.8 Å². The topological polar surface area (TPSA) is 70.6 Å². The van der Waals surface area contributed by atoms with Crippen molar-refractivity contribution in [2.75, 3.05) is 31.6 Å². The van der Waals surface area contributed by atoms with Gasteiger partial charge >= 0.3 is 0 Å². The second-order valence-electron chi connectivity index (χ2n) is 6.56. The van der Waals surface area contributed by atoms with E-state index in [1.54, 1.807) is 0 Å². The lowest BCUT2D eigenvalue weighted by atomic mass is 9.90. The predicted molar refractivity (Wildman–Crippen MR) is 84.8 cm³/mol. The molecule has 6 heteroatoms. The molecule has 0 atom stereocenters. The van der Waals surface area contributed by atoms with Crippen LogP contribution in [0, 0.1) is 11.3 Å². The molecular weight excluding hydrogens is 274 g/mol. The normalized spacial score (nSPS) is 17.1. The Balaban J connectivity index is 2.45. The summed E-state index contributed by atoms with van der Waals surface area (Å²) in [6.07, 6.45) is 4.55. The maximum absolute atomic E-state index is 11.2. The molecule has 1 fully saturated rings. The first-order chi connectivity index (χ1) is 9.22. The van der Waals surface area contributed by atoms with E-state index >= 15 is 0 Å². The van der Waals surface area contributed by atoms with Gasteiger partial charge in [0.05, 0.1) is 5.75 Å². The molecule has 1 aliphatic rings. The van der Waals surface area contributed by atoms with Gasteiger partial charge < -0.3 is 10.6 Å². The van der Waals surface area contributed by atoms with Crippen LogP contribution in [0.1, 0.15) is 40.0 Å². The van der Waals surface area contributed by atoms with Crippen molar-refractivity contribution < 1.29 is 8.42 Å². The highest BCUT2D eigenvalue weighted by atomic mass is 32.2. The molecule has 1 rings (SSSR count). The third-order valence-electron chi connectivity index (χ3n) is 3.41. The summed E-state index contributed by atoms with van der Waals surface area (Å²) < 4.78 is 22.5. The Morgan fingerprint density at radius 3 is 2.45 bits per heavy atom. The third-order valence-corrected chi connectivity index (χ3v) is 4.36. The molecule has 0 aromatic rings. The van der Waals surface area contributed by atoms with Crippen molar-refractivity contribution in [3.8, 4) is 0 Å². The van der Waals surface area contributed by atoms with Crippen molar-refractivity contribution in [1.29, 1.82) is 0 Å². The molecule has 0 spiro atoms. The maximum Gasteiger partial charge on any atom is 0.191 e. The van der Waals surface area contributed by atoms with Gasteiger partial charge in [0, 0.05) is 25.9 Å². The number of hydrogen-bond donors (Lipinski definition) is 2. The number of nitrogens with zero attached hydrogens (tertiary/aromatic N) is 1. The molecule has 20 heavy (non-hydrogen) atoms. The average Bonchev–Trinajstić information content (AvgIpc) is 3.14. The lowest BCUT2D eigenvalue weighted by Crippen LogP contribution is -2.39. The van der Waals surface area contributed by atoms with Crippen LogP contribution in [-0.2, 0) is 9.84 Å². The minimum atomic E-state index is -2.90. The standard InChI is InChI=1S/C14H29N3O2S/c1-5-15-13(16-10-12-6-7-12)17-11-14(2,3)8-9-20(4,18)19/h12H,5-11H2,1-4H3,(H2,15,16,17). The molecule has 0 unspecified atom stereocenters. The van der Waals surface area contributed by atoms with Crippen LogP contribution in [0.3, 0.4) is 0 Å². The van der Waals surface area contributed by atoms with Crippen molar-refractivity contribution in [2.24, 2.45) is 16.3 Å². The average molecular weight is 303 g/mol. The van der Waals surface area contributed by atoms with Gasteiger partial charge in [-0.25, -0.2) is 8.42 Å². The maximum atomic E-state index is 11.2. The van der Waals surface area contributed by atoms with Crippen LogP contribution in [0.15, 0.2) is 4.99 Å². The van der Waals surface area contributed by atoms with E-state index < -0.39 is 9.84 Å². The highest BCUT2D eigenvalue weighted by molar-refractivity contribution is 7.90. The molecule has 1 aliphatic carbocycles. The Morgan fingerprint density at radius 1 is 1.30 bits per heavy atom. The molecule has 0 aliphatic heterocycles. The monoisotopic (exact) mass is 303 g/mol. The zero-order chi connectivity index (χ0) is 15.2.